The maximum atomic E-state index is 5.79. The highest BCUT2D eigenvalue weighted by molar-refractivity contribution is 6.30. The Hall–Kier alpha value is -1.65. The quantitative estimate of drug-likeness (QED) is 0.902. The molecule has 0 aliphatic heterocycles. The van der Waals surface area contributed by atoms with Gasteiger partial charge in [-0.25, -0.2) is 4.98 Å². The fourth-order valence-corrected chi connectivity index (χ4v) is 1.41. The largest absolute Gasteiger partial charge is 0.459 e. The van der Waals surface area contributed by atoms with Crippen LogP contribution in [0.2, 0.25) is 5.02 Å². The molecule has 0 aliphatic carbocycles. The highest BCUT2D eigenvalue weighted by Crippen LogP contribution is 2.11. The van der Waals surface area contributed by atoms with Crippen molar-refractivity contribution in [3.63, 3.8) is 0 Å². The van der Waals surface area contributed by atoms with Gasteiger partial charge in [-0.05, 0) is 23.8 Å². The summed E-state index contributed by atoms with van der Waals surface area (Å²) in [5, 5.41) is 0.704. The van der Waals surface area contributed by atoms with Crippen molar-refractivity contribution in [1.82, 2.24) is 9.97 Å². The Morgan fingerprint density at radius 2 is 1.94 bits per heavy atom. The molecule has 0 bridgehead atoms. The Bertz CT molecular complexity index is 487. The van der Waals surface area contributed by atoms with Gasteiger partial charge in [-0.3, -0.25) is 0 Å². The third-order valence-electron chi connectivity index (χ3n) is 2.18. The summed E-state index contributed by atoms with van der Waals surface area (Å²) in [6.07, 6.45) is 1.63. The summed E-state index contributed by atoms with van der Waals surface area (Å²) < 4.78 is 5.45. The van der Waals surface area contributed by atoms with Gasteiger partial charge in [0, 0.05) is 17.8 Å². The maximum Gasteiger partial charge on any atom is 0.316 e. The van der Waals surface area contributed by atoms with Gasteiger partial charge in [-0.1, -0.05) is 23.7 Å². The van der Waals surface area contributed by atoms with Gasteiger partial charge in [0.25, 0.3) is 0 Å². The number of rotatable bonds is 4. The topological polar surface area (TPSA) is 61.0 Å². The van der Waals surface area contributed by atoms with Gasteiger partial charge in [0.2, 0.25) is 0 Å². The zero-order valence-corrected chi connectivity index (χ0v) is 9.89. The molecule has 0 spiro atoms. The van der Waals surface area contributed by atoms with E-state index in [1.54, 1.807) is 12.3 Å². The SMILES string of the molecule is NCc1ccnc(OCc2ccc(Cl)cc2)n1. The minimum Gasteiger partial charge on any atom is -0.459 e. The van der Waals surface area contributed by atoms with Crippen LogP contribution in [0.4, 0.5) is 0 Å². The van der Waals surface area contributed by atoms with Crippen molar-refractivity contribution in [2.24, 2.45) is 5.73 Å². The van der Waals surface area contributed by atoms with E-state index in [1.165, 1.54) is 0 Å². The number of halogens is 1. The molecule has 2 aromatic rings. The van der Waals surface area contributed by atoms with Crippen LogP contribution >= 0.6 is 11.6 Å². The molecule has 2 N–H and O–H groups in total. The lowest BCUT2D eigenvalue weighted by molar-refractivity contribution is 0.279. The van der Waals surface area contributed by atoms with E-state index in [1.807, 2.05) is 24.3 Å². The summed E-state index contributed by atoms with van der Waals surface area (Å²) in [6, 6.07) is 9.52. The van der Waals surface area contributed by atoms with Crippen molar-refractivity contribution in [3.05, 3.63) is 52.8 Å². The first-order chi connectivity index (χ1) is 8.28. The zero-order valence-electron chi connectivity index (χ0n) is 9.14. The highest BCUT2D eigenvalue weighted by Gasteiger charge is 2.00. The van der Waals surface area contributed by atoms with Gasteiger partial charge in [0.1, 0.15) is 6.61 Å². The number of aromatic nitrogens is 2. The minimum atomic E-state index is 0.336. The van der Waals surface area contributed by atoms with Crippen LogP contribution in [-0.4, -0.2) is 9.97 Å². The average Bonchev–Trinajstić information content (AvgIpc) is 2.38. The van der Waals surface area contributed by atoms with E-state index >= 15 is 0 Å². The fourth-order valence-electron chi connectivity index (χ4n) is 1.29. The lowest BCUT2D eigenvalue weighted by atomic mass is 10.2. The van der Waals surface area contributed by atoms with Crippen LogP contribution in [0.1, 0.15) is 11.3 Å². The Balaban J connectivity index is 1.99. The number of benzene rings is 1. The second-order valence-electron chi connectivity index (χ2n) is 3.45. The molecule has 5 heteroatoms. The second kappa shape index (κ2) is 5.61. The monoisotopic (exact) mass is 249 g/mol. The third-order valence-corrected chi connectivity index (χ3v) is 2.43. The molecule has 0 saturated heterocycles. The molecule has 1 aromatic carbocycles. The fraction of sp³-hybridized carbons (Fsp3) is 0.167. The first kappa shape index (κ1) is 11.8. The normalized spacial score (nSPS) is 10.2. The number of hydrogen-bond donors (Lipinski definition) is 1. The standard InChI is InChI=1S/C12H12ClN3O/c13-10-3-1-9(2-4-10)8-17-12-15-6-5-11(7-14)16-12/h1-6H,7-8,14H2. The summed E-state index contributed by atoms with van der Waals surface area (Å²) in [4.78, 5) is 8.14. The molecule has 0 unspecified atom stereocenters. The van der Waals surface area contributed by atoms with E-state index in [4.69, 9.17) is 22.1 Å². The van der Waals surface area contributed by atoms with Crippen LogP contribution in [0.25, 0.3) is 0 Å². The van der Waals surface area contributed by atoms with E-state index in [0.717, 1.165) is 11.3 Å². The highest BCUT2D eigenvalue weighted by atomic mass is 35.5. The summed E-state index contributed by atoms with van der Waals surface area (Å²) >= 11 is 5.79. The molecule has 1 aromatic heterocycles. The molecule has 0 atom stereocenters. The Morgan fingerprint density at radius 3 is 2.65 bits per heavy atom. The van der Waals surface area contributed by atoms with Crippen molar-refractivity contribution < 1.29 is 4.74 Å². The number of nitrogens with two attached hydrogens (primary N) is 1. The zero-order chi connectivity index (χ0) is 12.1. The van der Waals surface area contributed by atoms with Gasteiger partial charge in [-0.2, -0.15) is 4.98 Å². The lowest BCUT2D eigenvalue weighted by Gasteiger charge is -2.05. The van der Waals surface area contributed by atoms with Crippen molar-refractivity contribution in [2.45, 2.75) is 13.2 Å². The predicted molar refractivity (Wildman–Crippen MR) is 65.7 cm³/mol. The maximum absolute atomic E-state index is 5.79. The third kappa shape index (κ3) is 3.41. The molecule has 0 saturated carbocycles. The Kier molecular flexibility index (Phi) is 3.90. The van der Waals surface area contributed by atoms with E-state index in [9.17, 15) is 0 Å². The van der Waals surface area contributed by atoms with Crippen LogP contribution in [-0.2, 0) is 13.2 Å². The number of ether oxygens (including phenoxy) is 1. The number of hydrogen-bond acceptors (Lipinski definition) is 4. The van der Waals surface area contributed by atoms with Crippen LogP contribution in [0.5, 0.6) is 6.01 Å². The Morgan fingerprint density at radius 1 is 1.18 bits per heavy atom. The molecule has 0 aliphatic rings. The Labute approximate surface area is 104 Å². The first-order valence-electron chi connectivity index (χ1n) is 5.17. The molecule has 1 heterocycles. The van der Waals surface area contributed by atoms with E-state index < -0.39 is 0 Å². The van der Waals surface area contributed by atoms with Crippen molar-refractivity contribution in [1.29, 1.82) is 0 Å². The molecule has 0 fully saturated rings. The van der Waals surface area contributed by atoms with Gasteiger partial charge in [-0.15, -0.1) is 0 Å². The molecule has 2 rings (SSSR count). The van der Waals surface area contributed by atoms with E-state index in [2.05, 4.69) is 9.97 Å². The summed E-state index contributed by atoms with van der Waals surface area (Å²) in [6.45, 7) is 0.783. The lowest BCUT2D eigenvalue weighted by Crippen LogP contribution is -2.04. The van der Waals surface area contributed by atoms with Gasteiger partial charge in [0.15, 0.2) is 0 Å². The summed E-state index contributed by atoms with van der Waals surface area (Å²) in [7, 11) is 0. The molecular weight excluding hydrogens is 238 g/mol. The minimum absolute atomic E-state index is 0.336. The van der Waals surface area contributed by atoms with Crippen LogP contribution in [0.3, 0.4) is 0 Å². The first-order valence-corrected chi connectivity index (χ1v) is 5.55. The molecular formula is C12H12ClN3O. The van der Waals surface area contributed by atoms with Gasteiger partial charge >= 0.3 is 6.01 Å². The summed E-state index contributed by atoms with van der Waals surface area (Å²) in [5.74, 6) is 0. The molecule has 88 valence electrons. The summed E-state index contributed by atoms with van der Waals surface area (Å²) in [5.41, 5.74) is 7.25. The molecule has 0 radical (unpaired) electrons. The molecule has 4 nitrogen and oxygen atoms in total. The van der Waals surface area contributed by atoms with E-state index in [0.29, 0.717) is 24.2 Å². The number of nitrogens with zero attached hydrogens (tertiary/aromatic N) is 2. The van der Waals surface area contributed by atoms with Crippen molar-refractivity contribution in [2.75, 3.05) is 0 Å². The predicted octanol–water partition coefficient (Wildman–Crippen LogP) is 2.17. The average molecular weight is 250 g/mol. The van der Waals surface area contributed by atoms with Crippen LogP contribution in [0, 0.1) is 0 Å². The second-order valence-corrected chi connectivity index (χ2v) is 3.89. The van der Waals surface area contributed by atoms with Gasteiger partial charge in [0.05, 0.1) is 5.69 Å². The van der Waals surface area contributed by atoms with Crippen molar-refractivity contribution >= 4 is 11.6 Å². The van der Waals surface area contributed by atoms with Crippen molar-refractivity contribution in [3.8, 4) is 6.01 Å². The van der Waals surface area contributed by atoms with Crippen LogP contribution in [0.15, 0.2) is 36.5 Å². The van der Waals surface area contributed by atoms with Gasteiger partial charge < -0.3 is 10.5 Å². The van der Waals surface area contributed by atoms with E-state index in [-0.39, 0.29) is 0 Å². The molecule has 0 amide bonds. The van der Waals surface area contributed by atoms with Crippen LogP contribution < -0.4 is 10.5 Å². The molecule has 17 heavy (non-hydrogen) atoms. The smallest absolute Gasteiger partial charge is 0.316 e.